The summed E-state index contributed by atoms with van der Waals surface area (Å²) in [6.45, 7) is 8.00. The van der Waals surface area contributed by atoms with Gasteiger partial charge in [0.2, 0.25) is 0 Å². The molecular formula is C19H24FN3S. The number of halogens is 1. The van der Waals surface area contributed by atoms with Crippen LogP contribution in [0, 0.1) is 5.82 Å². The van der Waals surface area contributed by atoms with Gasteiger partial charge in [-0.15, -0.1) is 0 Å². The Morgan fingerprint density at radius 3 is 2.25 bits per heavy atom. The molecular weight excluding hydrogens is 321 g/mol. The van der Waals surface area contributed by atoms with Crippen LogP contribution in [0.25, 0.3) is 0 Å². The van der Waals surface area contributed by atoms with Gasteiger partial charge in [-0.2, -0.15) is 0 Å². The van der Waals surface area contributed by atoms with Crippen molar-refractivity contribution in [3.63, 3.8) is 0 Å². The molecule has 2 aromatic carbocycles. The monoisotopic (exact) mass is 345 g/mol. The fourth-order valence-electron chi connectivity index (χ4n) is 2.46. The minimum Gasteiger partial charge on any atom is -0.358 e. The number of nitrogens with one attached hydrogen (secondary N) is 2. The van der Waals surface area contributed by atoms with E-state index in [9.17, 15) is 4.39 Å². The lowest BCUT2D eigenvalue weighted by Gasteiger charge is -2.20. The first-order valence-electron chi connectivity index (χ1n) is 8.22. The van der Waals surface area contributed by atoms with Gasteiger partial charge in [-0.05, 0) is 60.7 Å². The van der Waals surface area contributed by atoms with Crippen molar-refractivity contribution >= 4 is 23.0 Å². The van der Waals surface area contributed by atoms with Crippen LogP contribution in [0.5, 0.6) is 0 Å². The lowest BCUT2D eigenvalue weighted by molar-refractivity contribution is 0.295. The third-order valence-electron chi connectivity index (χ3n) is 3.95. The summed E-state index contributed by atoms with van der Waals surface area (Å²) < 4.78 is 12.9. The predicted octanol–water partition coefficient (Wildman–Crippen LogP) is 4.15. The van der Waals surface area contributed by atoms with Crippen molar-refractivity contribution in [1.29, 1.82) is 0 Å². The molecule has 0 radical (unpaired) electrons. The Hall–Kier alpha value is -1.98. The molecule has 0 saturated carbocycles. The van der Waals surface area contributed by atoms with Gasteiger partial charge in [-0.1, -0.05) is 38.1 Å². The van der Waals surface area contributed by atoms with E-state index in [2.05, 4.69) is 47.6 Å². The first-order chi connectivity index (χ1) is 11.6. The van der Waals surface area contributed by atoms with Crippen LogP contribution in [0.1, 0.15) is 25.0 Å². The molecule has 2 aromatic rings. The van der Waals surface area contributed by atoms with E-state index in [0.717, 1.165) is 25.3 Å². The van der Waals surface area contributed by atoms with Crippen molar-refractivity contribution in [1.82, 2.24) is 10.2 Å². The Morgan fingerprint density at radius 1 is 1.00 bits per heavy atom. The normalized spacial score (nSPS) is 10.7. The molecule has 0 atom stereocenters. The topological polar surface area (TPSA) is 27.3 Å². The maximum absolute atomic E-state index is 12.9. The van der Waals surface area contributed by atoms with Crippen LogP contribution in [0.4, 0.5) is 10.1 Å². The lowest BCUT2D eigenvalue weighted by Crippen LogP contribution is -2.29. The molecule has 2 rings (SSSR count). The van der Waals surface area contributed by atoms with Crippen molar-refractivity contribution < 1.29 is 4.39 Å². The fraction of sp³-hybridized carbons (Fsp3) is 0.316. The molecule has 0 aliphatic heterocycles. The highest BCUT2D eigenvalue weighted by atomic mass is 32.1. The largest absolute Gasteiger partial charge is 0.358 e. The van der Waals surface area contributed by atoms with Crippen LogP contribution >= 0.6 is 12.2 Å². The summed E-state index contributed by atoms with van der Waals surface area (Å²) >= 11 is 5.32. The highest BCUT2D eigenvalue weighted by Gasteiger charge is 2.07. The van der Waals surface area contributed by atoms with E-state index in [1.165, 1.54) is 23.3 Å². The molecule has 0 fully saturated rings. The van der Waals surface area contributed by atoms with Gasteiger partial charge < -0.3 is 10.6 Å². The number of anilines is 1. The molecule has 0 bridgehead atoms. The molecule has 128 valence electrons. The summed E-state index contributed by atoms with van der Waals surface area (Å²) in [5, 5.41) is 6.81. The van der Waals surface area contributed by atoms with Crippen LogP contribution in [0.2, 0.25) is 0 Å². The SMILES string of the molecule is CCN(CC)Cc1ccccc1CNC(=S)Nc1ccc(F)cc1. The van der Waals surface area contributed by atoms with Crippen LogP contribution < -0.4 is 10.6 Å². The Morgan fingerprint density at radius 2 is 1.62 bits per heavy atom. The van der Waals surface area contributed by atoms with Gasteiger partial charge in [0.05, 0.1) is 0 Å². The molecule has 0 unspecified atom stereocenters. The first kappa shape index (κ1) is 18.4. The number of benzene rings is 2. The fourth-order valence-corrected chi connectivity index (χ4v) is 2.65. The molecule has 0 spiro atoms. The predicted molar refractivity (Wildman–Crippen MR) is 103 cm³/mol. The Balaban J connectivity index is 1.93. The number of hydrogen-bond acceptors (Lipinski definition) is 2. The van der Waals surface area contributed by atoms with Gasteiger partial charge in [-0.25, -0.2) is 4.39 Å². The first-order valence-corrected chi connectivity index (χ1v) is 8.62. The third kappa shape index (κ3) is 5.58. The van der Waals surface area contributed by atoms with E-state index >= 15 is 0 Å². The van der Waals surface area contributed by atoms with Crippen molar-refractivity contribution in [2.24, 2.45) is 0 Å². The average molecular weight is 345 g/mol. The van der Waals surface area contributed by atoms with Crippen LogP contribution in [0.3, 0.4) is 0 Å². The van der Waals surface area contributed by atoms with Crippen molar-refractivity contribution in [3.8, 4) is 0 Å². The minimum atomic E-state index is -0.259. The molecule has 3 nitrogen and oxygen atoms in total. The van der Waals surface area contributed by atoms with E-state index in [1.807, 2.05) is 6.07 Å². The quantitative estimate of drug-likeness (QED) is 0.737. The Bertz CT molecular complexity index is 654. The third-order valence-corrected chi connectivity index (χ3v) is 4.19. The lowest BCUT2D eigenvalue weighted by atomic mass is 10.1. The van der Waals surface area contributed by atoms with Gasteiger partial charge in [0.15, 0.2) is 5.11 Å². The summed E-state index contributed by atoms with van der Waals surface area (Å²) in [6, 6.07) is 14.5. The molecule has 0 amide bonds. The minimum absolute atomic E-state index is 0.259. The maximum atomic E-state index is 12.9. The molecule has 0 aromatic heterocycles. The zero-order valence-corrected chi connectivity index (χ0v) is 15.0. The van der Waals surface area contributed by atoms with Crippen LogP contribution in [0.15, 0.2) is 48.5 Å². The van der Waals surface area contributed by atoms with Crippen molar-refractivity contribution in [2.75, 3.05) is 18.4 Å². The van der Waals surface area contributed by atoms with E-state index < -0.39 is 0 Å². The summed E-state index contributed by atoms with van der Waals surface area (Å²) in [6.07, 6.45) is 0. The number of nitrogens with zero attached hydrogens (tertiary/aromatic N) is 1. The van der Waals surface area contributed by atoms with Gasteiger partial charge in [0.25, 0.3) is 0 Å². The van der Waals surface area contributed by atoms with E-state index in [1.54, 1.807) is 12.1 Å². The van der Waals surface area contributed by atoms with Gasteiger partial charge >= 0.3 is 0 Å². The standard InChI is InChI=1S/C19H24FN3S/c1-3-23(4-2)14-16-8-6-5-7-15(16)13-21-19(24)22-18-11-9-17(20)10-12-18/h5-12H,3-4,13-14H2,1-2H3,(H2,21,22,24). The zero-order chi connectivity index (χ0) is 17.4. The molecule has 0 heterocycles. The molecule has 0 saturated heterocycles. The van der Waals surface area contributed by atoms with Crippen LogP contribution in [-0.2, 0) is 13.1 Å². The molecule has 0 aliphatic carbocycles. The molecule has 5 heteroatoms. The van der Waals surface area contributed by atoms with E-state index in [4.69, 9.17) is 12.2 Å². The van der Waals surface area contributed by atoms with Gasteiger partial charge in [0.1, 0.15) is 5.82 Å². The average Bonchev–Trinajstić information content (AvgIpc) is 2.60. The highest BCUT2D eigenvalue weighted by molar-refractivity contribution is 7.80. The number of thiocarbonyl (C=S) groups is 1. The van der Waals surface area contributed by atoms with Gasteiger partial charge in [0, 0.05) is 18.8 Å². The number of rotatable bonds is 7. The second-order valence-electron chi connectivity index (χ2n) is 5.54. The maximum Gasteiger partial charge on any atom is 0.171 e. The number of hydrogen-bond donors (Lipinski definition) is 2. The summed E-state index contributed by atoms with van der Waals surface area (Å²) in [7, 11) is 0. The summed E-state index contributed by atoms with van der Waals surface area (Å²) in [5.41, 5.74) is 3.30. The molecule has 2 N–H and O–H groups in total. The summed E-state index contributed by atoms with van der Waals surface area (Å²) in [4.78, 5) is 2.38. The second kappa shape index (κ2) is 9.35. The summed E-state index contributed by atoms with van der Waals surface area (Å²) in [5.74, 6) is -0.259. The van der Waals surface area contributed by atoms with E-state index in [0.29, 0.717) is 11.7 Å². The molecule has 24 heavy (non-hydrogen) atoms. The second-order valence-corrected chi connectivity index (χ2v) is 5.95. The van der Waals surface area contributed by atoms with E-state index in [-0.39, 0.29) is 5.82 Å². The van der Waals surface area contributed by atoms with Crippen molar-refractivity contribution in [3.05, 3.63) is 65.5 Å². The Kier molecular flexibility index (Phi) is 7.15. The smallest absolute Gasteiger partial charge is 0.171 e. The zero-order valence-electron chi connectivity index (χ0n) is 14.2. The van der Waals surface area contributed by atoms with Crippen molar-refractivity contribution in [2.45, 2.75) is 26.9 Å². The van der Waals surface area contributed by atoms with Crippen LogP contribution in [-0.4, -0.2) is 23.1 Å². The van der Waals surface area contributed by atoms with Gasteiger partial charge in [-0.3, -0.25) is 4.90 Å². The highest BCUT2D eigenvalue weighted by Crippen LogP contribution is 2.12. The molecule has 0 aliphatic rings. The Labute approximate surface area is 148 Å².